The van der Waals surface area contributed by atoms with Crippen LogP contribution in [0.1, 0.15) is 30.1 Å². The van der Waals surface area contributed by atoms with Gasteiger partial charge in [0.2, 0.25) is 0 Å². The largest absolute Gasteiger partial charge is 0.339 e. The van der Waals surface area contributed by atoms with E-state index in [9.17, 15) is 4.79 Å². The number of hydrogen-bond acceptors (Lipinski definition) is 3. The van der Waals surface area contributed by atoms with Gasteiger partial charge in [-0.1, -0.05) is 29.8 Å². The zero-order valence-electron chi connectivity index (χ0n) is 13.5. The van der Waals surface area contributed by atoms with Crippen LogP contribution in [0, 0.1) is 5.92 Å². The summed E-state index contributed by atoms with van der Waals surface area (Å²) in [5.41, 5.74) is 8.00. The molecule has 3 N–H and O–H groups in total. The number of hydrogen-bond donors (Lipinski definition) is 2. The number of carbonyl (C=O) groups excluding carboxylic acids is 1. The van der Waals surface area contributed by atoms with E-state index in [2.05, 4.69) is 10.2 Å². The van der Waals surface area contributed by atoms with Gasteiger partial charge in [0, 0.05) is 29.7 Å². The van der Waals surface area contributed by atoms with Gasteiger partial charge in [-0.25, -0.2) is 0 Å². The predicted octanol–water partition coefficient (Wildman–Crippen LogP) is 3.35. The number of halogens is 2. The average molecular weight is 369 g/mol. The van der Waals surface area contributed by atoms with Crippen molar-refractivity contribution in [3.63, 3.8) is 0 Å². The minimum Gasteiger partial charge on any atom is -0.339 e. The first-order chi connectivity index (χ1) is 11.1. The van der Waals surface area contributed by atoms with E-state index in [0.717, 1.165) is 31.5 Å². The Labute approximate surface area is 153 Å². The van der Waals surface area contributed by atoms with E-state index in [4.69, 9.17) is 17.3 Å². The summed E-state index contributed by atoms with van der Waals surface area (Å²) in [6.45, 7) is 3.50. The smallest absolute Gasteiger partial charge is 0.257 e. The zero-order chi connectivity index (χ0) is 16.4. The van der Waals surface area contributed by atoms with Gasteiger partial charge >= 0.3 is 0 Å². The van der Waals surface area contributed by atoms with E-state index in [-0.39, 0.29) is 24.4 Å². The molecule has 0 aliphatic carbocycles. The molecule has 1 saturated heterocycles. The zero-order valence-corrected chi connectivity index (χ0v) is 15.1. The second kappa shape index (κ2) is 8.01. The molecule has 0 radical (unpaired) electrons. The maximum atomic E-state index is 12.8. The second-order valence-corrected chi connectivity index (χ2v) is 6.53. The summed E-state index contributed by atoms with van der Waals surface area (Å²) in [5, 5.41) is 7.55. The van der Waals surface area contributed by atoms with E-state index in [1.807, 2.05) is 30.0 Å². The topological polar surface area (TPSA) is 75.0 Å². The van der Waals surface area contributed by atoms with Gasteiger partial charge in [-0.2, -0.15) is 5.10 Å². The summed E-state index contributed by atoms with van der Waals surface area (Å²) in [7, 11) is 0. The van der Waals surface area contributed by atoms with Gasteiger partial charge in [0.15, 0.2) is 0 Å². The number of amides is 1. The molecule has 1 fully saturated rings. The molecule has 2 heterocycles. The molecule has 2 aromatic rings. The number of nitrogens with one attached hydrogen (secondary N) is 1. The highest BCUT2D eigenvalue weighted by molar-refractivity contribution is 6.33. The third kappa shape index (κ3) is 3.74. The number of aromatic amines is 1. The SMILES string of the molecule is CC(N)C1CCN(C(=O)c2cn[nH]c2-c2ccccc2Cl)CC1.Cl. The summed E-state index contributed by atoms with van der Waals surface area (Å²) < 4.78 is 0. The van der Waals surface area contributed by atoms with Crippen LogP contribution in [0.4, 0.5) is 0 Å². The molecule has 0 saturated carbocycles. The minimum absolute atomic E-state index is 0. The lowest BCUT2D eigenvalue weighted by molar-refractivity contribution is 0.0682. The van der Waals surface area contributed by atoms with Crippen molar-refractivity contribution < 1.29 is 4.79 Å². The Bertz CT molecular complexity index is 693. The third-order valence-corrected chi connectivity index (χ3v) is 4.91. The molecule has 130 valence electrons. The molecule has 1 unspecified atom stereocenters. The molecule has 1 atom stereocenters. The van der Waals surface area contributed by atoms with Gasteiger partial charge in [-0.3, -0.25) is 9.89 Å². The van der Waals surface area contributed by atoms with E-state index in [1.54, 1.807) is 12.3 Å². The number of nitrogens with zero attached hydrogens (tertiary/aromatic N) is 2. The van der Waals surface area contributed by atoms with Crippen LogP contribution in [-0.4, -0.2) is 40.1 Å². The van der Waals surface area contributed by atoms with Crippen molar-refractivity contribution in [2.45, 2.75) is 25.8 Å². The Morgan fingerprint density at radius 2 is 2.04 bits per heavy atom. The highest BCUT2D eigenvalue weighted by Crippen LogP contribution is 2.30. The van der Waals surface area contributed by atoms with E-state index >= 15 is 0 Å². The number of nitrogens with two attached hydrogens (primary N) is 1. The monoisotopic (exact) mass is 368 g/mol. The fraction of sp³-hybridized carbons (Fsp3) is 0.412. The molecule has 1 aliphatic heterocycles. The van der Waals surface area contributed by atoms with Crippen LogP contribution in [0.5, 0.6) is 0 Å². The van der Waals surface area contributed by atoms with Gasteiger partial charge < -0.3 is 10.6 Å². The first kappa shape index (κ1) is 18.8. The summed E-state index contributed by atoms with van der Waals surface area (Å²) in [6, 6.07) is 7.63. The molecule has 0 bridgehead atoms. The molecular formula is C17H22Cl2N4O. The van der Waals surface area contributed by atoms with Gasteiger partial charge in [0.05, 0.1) is 17.5 Å². The summed E-state index contributed by atoms with van der Waals surface area (Å²) in [4.78, 5) is 14.7. The van der Waals surface area contributed by atoms with Crippen molar-refractivity contribution in [2.24, 2.45) is 11.7 Å². The Morgan fingerprint density at radius 3 is 2.67 bits per heavy atom. The second-order valence-electron chi connectivity index (χ2n) is 6.13. The summed E-state index contributed by atoms with van der Waals surface area (Å²) in [5.74, 6) is 0.489. The number of piperidine rings is 1. The lowest BCUT2D eigenvalue weighted by Gasteiger charge is -2.33. The van der Waals surface area contributed by atoms with Gasteiger partial charge in [-0.05, 0) is 31.7 Å². The summed E-state index contributed by atoms with van der Waals surface area (Å²) in [6.07, 6.45) is 3.48. The Morgan fingerprint density at radius 1 is 1.38 bits per heavy atom. The van der Waals surface area contributed by atoms with Crippen LogP contribution in [0.15, 0.2) is 30.5 Å². The molecule has 3 rings (SSSR count). The van der Waals surface area contributed by atoms with Gasteiger partial charge in [0.1, 0.15) is 0 Å². The van der Waals surface area contributed by atoms with E-state index < -0.39 is 0 Å². The highest BCUT2D eigenvalue weighted by Gasteiger charge is 2.27. The standard InChI is InChI=1S/C17H21ClN4O.ClH/c1-11(19)12-6-8-22(9-7-12)17(23)14-10-20-21-16(14)13-4-2-3-5-15(13)18;/h2-5,10-12H,6-9,19H2,1H3,(H,20,21);1H. The van der Waals surface area contributed by atoms with Gasteiger partial charge in [0.25, 0.3) is 5.91 Å². The van der Waals surface area contributed by atoms with Crippen molar-refractivity contribution in [3.8, 4) is 11.3 Å². The number of carbonyl (C=O) groups is 1. The van der Waals surface area contributed by atoms with Crippen molar-refractivity contribution in [1.29, 1.82) is 0 Å². The minimum atomic E-state index is -0.00297. The highest BCUT2D eigenvalue weighted by atomic mass is 35.5. The van der Waals surface area contributed by atoms with Crippen LogP contribution in [0.3, 0.4) is 0 Å². The lowest BCUT2D eigenvalue weighted by atomic mass is 9.90. The molecular weight excluding hydrogens is 347 g/mol. The molecule has 0 spiro atoms. The first-order valence-corrected chi connectivity index (χ1v) is 8.29. The van der Waals surface area contributed by atoms with Crippen LogP contribution in [-0.2, 0) is 0 Å². The quantitative estimate of drug-likeness (QED) is 0.871. The Hall–Kier alpha value is -1.56. The number of H-pyrrole nitrogens is 1. The number of benzene rings is 1. The molecule has 7 heteroatoms. The van der Waals surface area contributed by atoms with E-state index in [1.165, 1.54) is 0 Å². The third-order valence-electron chi connectivity index (χ3n) is 4.58. The molecule has 1 aromatic carbocycles. The van der Waals surface area contributed by atoms with Gasteiger partial charge in [-0.15, -0.1) is 12.4 Å². The molecule has 1 aliphatic rings. The number of rotatable bonds is 3. The molecule has 1 aromatic heterocycles. The summed E-state index contributed by atoms with van der Waals surface area (Å²) >= 11 is 6.25. The van der Waals surface area contributed by atoms with Crippen LogP contribution >= 0.6 is 24.0 Å². The normalized spacial score (nSPS) is 16.5. The van der Waals surface area contributed by atoms with Crippen LogP contribution in [0.2, 0.25) is 5.02 Å². The Balaban J connectivity index is 0.00000208. The van der Waals surface area contributed by atoms with Crippen LogP contribution < -0.4 is 5.73 Å². The Kier molecular flexibility index (Phi) is 6.27. The molecule has 5 nitrogen and oxygen atoms in total. The van der Waals surface area contributed by atoms with Crippen molar-refractivity contribution >= 4 is 29.9 Å². The number of likely N-dealkylation sites (tertiary alicyclic amines) is 1. The van der Waals surface area contributed by atoms with Crippen LogP contribution in [0.25, 0.3) is 11.3 Å². The maximum absolute atomic E-state index is 12.8. The maximum Gasteiger partial charge on any atom is 0.257 e. The number of aromatic nitrogens is 2. The lowest BCUT2D eigenvalue weighted by Crippen LogP contribution is -2.42. The average Bonchev–Trinajstić information content (AvgIpc) is 3.04. The van der Waals surface area contributed by atoms with Crippen molar-refractivity contribution in [2.75, 3.05) is 13.1 Å². The predicted molar refractivity (Wildman–Crippen MR) is 98.6 cm³/mol. The van der Waals surface area contributed by atoms with Crippen molar-refractivity contribution in [3.05, 3.63) is 41.0 Å². The fourth-order valence-corrected chi connectivity index (χ4v) is 3.35. The van der Waals surface area contributed by atoms with Crippen molar-refractivity contribution in [1.82, 2.24) is 15.1 Å². The molecule has 1 amide bonds. The van der Waals surface area contributed by atoms with E-state index in [0.29, 0.717) is 22.2 Å². The fourth-order valence-electron chi connectivity index (χ4n) is 3.12. The first-order valence-electron chi connectivity index (χ1n) is 7.91. The molecule has 24 heavy (non-hydrogen) atoms.